The van der Waals surface area contributed by atoms with Crippen LogP contribution in [0.5, 0.6) is 0 Å². The number of rotatable bonds is 2. The number of hydrogen-bond donors (Lipinski definition) is 1. The van der Waals surface area contributed by atoms with Crippen LogP contribution in [-0.2, 0) is 4.74 Å². The van der Waals surface area contributed by atoms with Crippen molar-refractivity contribution in [1.29, 1.82) is 0 Å². The van der Waals surface area contributed by atoms with Gasteiger partial charge in [-0.1, -0.05) is 17.7 Å². The smallest absolute Gasteiger partial charge is 0.0762 e. The van der Waals surface area contributed by atoms with E-state index in [-0.39, 0.29) is 0 Å². The van der Waals surface area contributed by atoms with E-state index in [0.717, 1.165) is 31.0 Å². The first-order chi connectivity index (χ1) is 8.09. The monoisotopic (exact) mass is 255 g/mol. The molecule has 1 aliphatic heterocycles. The van der Waals surface area contributed by atoms with Crippen LogP contribution in [0.1, 0.15) is 25.5 Å². The Hall–Kier alpha value is -0.770. The maximum atomic E-state index is 9.51. The molecule has 1 aromatic rings. The summed E-state index contributed by atoms with van der Waals surface area (Å²) in [7, 11) is 0. The molecule has 0 aliphatic carbocycles. The topological polar surface area (TPSA) is 32.7 Å². The average Bonchev–Trinajstić information content (AvgIpc) is 2.30. The van der Waals surface area contributed by atoms with E-state index in [1.54, 1.807) is 6.92 Å². The van der Waals surface area contributed by atoms with Crippen LogP contribution in [-0.4, -0.2) is 30.9 Å². The molecule has 17 heavy (non-hydrogen) atoms. The van der Waals surface area contributed by atoms with Crippen LogP contribution in [0.25, 0.3) is 0 Å². The summed E-state index contributed by atoms with van der Waals surface area (Å²) in [6.07, 6.45) is -0.483. The first kappa shape index (κ1) is 12.7. The van der Waals surface area contributed by atoms with Gasteiger partial charge in [0, 0.05) is 12.6 Å². The van der Waals surface area contributed by atoms with Gasteiger partial charge in [-0.2, -0.15) is 0 Å². The molecule has 0 radical (unpaired) electrons. The van der Waals surface area contributed by atoms with Gasteiger partial charge in [-0.15, -0.1) is 0 Å². The number of hydrogen-bond acceptors (Lipinski definition) is 3. The van der Waals surface area contributed by atoms with E-state index in [1.807, 2.05) is 18.2 Å². The zero-order valence-corrected chi connectivity index (χ0v) is 10.9. The molecule has 0 bridgehead atoms. The summed E-state index contributed by atoms with van der Waals surface area (Å²) >= 11 is 6.28. The normalized spacial score (nSPS) is 22.6. The van der Waals surface area contributed by atoms with Crippen LogP contribution in [0, 0.1) is 0 Å². The molecule has 1 heterocycles. The Kier molecular flexibility index (Phi) is 3.92. The second-order valence-electron chi connectivity index (χ2n) is 4.50. The number of anilines is 1. The third-order valence-electron chi connectivity index (χ3n) is 3.13. The van der Waals surface area contributed by atoms with Gasteiger partial charge in [0.25, 0.3) is 0 Å². The van der Waals surface area contributed by atoms with Crippen LogP contribution < -0.4 is 4.90 Å². The quantitative estimate of drug-likeness (QED) is 0.882. The highest BCUT2D eigenvalue weighted by molar-refractivity contribution is 6.33. The Morgan fingerprint density at radius 2 is 2.29 bits per heavy atom. The zero-order valence-electron chi connectivity index (χ0n) is 10.2. The van der Waals surface area contributed by atoms with Crippen LogP contribution in [0.3, 0.4) is 0 Å². The molecule has 1 saturated heterocycles. The highest BCUT2D eigenvalue weighted by Crippen LogP contribution is 2.31. The molecule has 1 aliphatic rings. The van der Waals surface area contributed by atoms with E-state index in [2.05, 4.69) is 11.8 Å². The third kappa shape index (κ3) is 2.73. The van der Waals surface area contributed by atoms with Crippen molar-refractivity contribution >= 4 is 17.3 Å². The molecule has 1 aromatic carbocycles. The standard InChI is InChI=1S/C13H18ClNO2/c1-9-8-17-6-5-15(9)13-4-3-11(10(2)16)7-12(13)14/h3-4,7,9-10,16H,5-6,8H2,1-2H3/t9?,10-/m0/s1. The molecule has 3 nitrogen and oxygen atoms in total. The third-order valence-corrected chi connectivity index (χ3v) is 3.43. The van der Waals surface area contributed by atoms with Crippen molar-refractivity contribution in [3.05, 3.63) is 28.8 Å². The number of aliphatic hydroxyl groups is 1. The predicted octanol–water partition coefficient (Wildman–Crippen LogP) is 2.62. The molecule has 1 fully saturated rings. The minimum absolute atomic E-state index is 0.332. The Bertz CT molecular complexity index is 395. The molecule has 4 heteroatoms. The van der Waals surface area contributed by atoms with Gasteiger partial charge in [0.05, 0.1) is 30.0 Å². The lowest BCUT2D eigenvalue weighted by Crippen LogP contribution is -2.43. The van der Waals surface area contributed by atoms with Crippen molar-refractivity contribution in [3.63, 3.8) is 0 Å². The molecule has 0 spiro atoms. The summed E-state index contributed by atoms with van der Waals surface area (Å²) in [4.78, 5) is 2.25. The fraction of sp³-hybridized carbons (Fsp3) is 0.538. The summed E-state index contributed by atoms with van der Waals surface area (Å²) in [5, 5.41) is 10.2. The number of aliphatic hydroxyl groups excluding tert-OH is 1. The van der Waals surface area contributed by atoms with E-state index in [0.29, 0.717) is 11.1 Å². The maximum absolute atomic E-state index is 9.51. The molecule has 0 aromatic heterocycles. The fourth-order valence-corrected chi connectivity index (χ4v) is 2.40. The van der Waals surface area contributed by atoms with Crippen molar-refractivity contribution in [2.75, 3.05) is 24.7 Å². The first-order valence-electron chi connectivity index (χ1n) is 5.91. The lowest BCUT2D eigenvalue weighted by Gasteiger charge is -2.35. The summed E-state index contributed by atoms with van der Waals surface area (Å²) in [5.74, 6) is 0. The highest BCUT2D eigenvalue weighted by Gasteiger charge is 2.21. The molecule has 0 amide bonds. The number of nitrogens with zero attached hydrogens (tertiary/aromatic N) is 1. The summed E-state index contributed by atoms with van der Waals surface area (Å²) < 4.78 is 5.41. The van der Waals surface area contributed by atoms with Crippen LogP contribution in [0.15, 0.2) is 18.2 Å². The SMILES string of the molecule is CC1COCCN1c1ccc([C@H](C)O)cc1Cl. The Balaban J connectivity index is 2.26. The average molecular weight is 256 g/mol. The Morgan fingerprint density at radius 1 is 1.53 bits per heavy atom. The molecule has 1 N–H and O–H groups in total. The van der Waals surface area contributed by atoms with E-state index < -0.39 is 6.10 Å². The summed E-state index contributed by atoms with van der Waals surface area (Å²) in [6, 6.07) is 6.07. The van der Waals surface area contributed by atoms with Gasteiger partial charge < -0.3 is 14.7 Å². The largest absolute Gasteiger partial charge is 0.389 e. The molecule has 1 unspecified atom stereocenters. The van der Waals surface area contributed by atoms with Crippen molar-refractivity contribution in [3.8, 4) is 0 Å². The van der Waals surface area contributed by atoms with Gasteiger partial charge in [-0.25, -0.2) is 0 Å². The second-order valence-corrected chi connectivity index (χ2v) is 4.91. The predicted molar refractivity (Wildman–Crippen MR) is 69.7 cm³/mol. The van der Waals surface area contributed by atoms with E-state index in [4.69, 9.17) is 16.3 Å². The lowest BCUT2D eigenvalue weighted by atomic mass is 10.1. The minimum Gasteiger partial charge on any atom is -0.389 e. The number of halogens is 1. The van der Waals surface area contributed by atoms with Crippen LogP contribution in [0.4, 0.5) is 5.69 Å². The summed E-state index contributed by atoms with van der Waals surface area (Å²) in [6.45, 7) is 6.18. The van der Waals surface area contributed by atoms with Gasteiger partial charge in [0.1, 0.15) is 0 Å². The van der Waals surface area contributed by atoms with Crippen LogP contribution >= 0.6 is 11.6 Å². The molecular formula is C13H18ClNO2. The highest BCUT2D eigenvalue weighted by atomic mass is 35.5. The van der Waals surface area contributed by atoms with Gasteiger partial charge in [0.15, 0.2) is 0 Å². The Labute approximate surface area is 107 Å². The van der Waals surface area contributed by atoms with E-state index in [9.17, 15) is 5.11 Å². The molecule has 94 valence electrons. The number of morpholine rings is 1. The van der Waals surface area contributed by atoms with Crippen molar-refractivity contribution in [2.45, 2.75) is 26.0 Å². The Morgan fingerprint density at radius 3 is 2.88 bits per heavy atom. The minimum atomic E-state index is -0.483. The molecule has 2 rings (SSSR count). The number of ether oxygens (including phenoxy) is 1. The number of benzene rings is 1. The van der Waals surface area contributed by atoms with Gasteiger partial charge >= 0.3 is 0 Å². The molecular weight excluding hydrogens is 238 g/mol. The van der Waals surface area contributed by atoms with E-state index in [1.165, 1.54) is 0 Å². The lowest BCUT2D eigenvalue weighted by molar-refractivity contribution is 0.0989. The van der Waals surface area contributed by atoms with Crippen molar-refractivity contribution in [1.82, 2.24) is 0 Å². The van der Waals surface area contributed by atoms with Crippen LogP contribution in [0.2, 0.25) is 5.02 Å². The summed E-state index contributed by atoms with van der Waals surface area (Å²) in [5.41, 5.74) is 1.87. The first-order valence-corrected chi connectivity index (χ1v) is 6.29. The van der Waals surface area contributed by atoms with Gasteiger partial charge in [-0.3, -0.25) is 0 Å². The second kappa shape index (κ2) is 5.25. The van der Waals surface area contributed by atoms with Gasteiger partial charge in [0.2, 0.25) is 0 Å². The maximum Gasteiger partial charge on any atom is 0.0762 e. The molecule has 0 saturated carbocycles. The van der Waals surface area contributed by atoms with Crippen molar-refractivity contribution < 1.29 is 9.84 Å². The van der Waals surface area contributed by atoms with Crippen molar-refractivity contribution in [2.24, 2.45) is 0 Å². The zero-order chi connectivity index (χ0) is 12.4. The fourth-order valence-electron chi connectivity index (χ4n) is 2.10. The molecule has 2 atom stereocenters. The van der Waals surface area contributed by atoms with E-state index >= 15 is 0 Å². The van der Waals surface area contributed by atoms with Gasteiger partial charge in [-0.05, 0) is 31.5 Å².